The lowest BCUT2D eigenvalue weighted by Crippen LogP contribution is -2.49. The average Bonchev–Trinajstić information content (AvgIpc) is 2.94. The molecule has 1 aliphatic heterocycles. The van der Waals surface area contributed by atoms with Gasteiger partial charge in [0, 0.05) is 31.9 Å². The molecule has 100 valence electrons. The molecule has 0 bridgehead atoms. The molecule has 1 aromatic heterocycles. The standard InChI is InChI=1S/C15H20N4/c1-12(11-16)18-7-9-19(10-8-18)15-6-5-13-3-2-4-14(13)17-15/h5-6,12H,2-4,7-10H2,1H3. The van der Waals surface area contributed by atoms with Gasteiger partial charge in [-0.3, -0.25) is 4.90 Å². The van der Waals surface area contributed by atoms with E-state index < -0.39 is 0 Å². The first-order valence-corrected chi connectivity index (χ1v) is 7.15. The topological polar surface area (TPSA) is 43.2 Å². The highest BCUT2D eigenvalue weighted by atomic mass is 15.3. The van der Waals surface area contributed by atoms with E-state index in [9.17, 15) is 0 Å². The maximum atomic E-state index is 8.96. The summed E-state index contributed by atoms with van der Waals surface area (Å²) in [5.41, 5.74) is 2.73. The molecule has 0 aromatic carbocycles. The predicted octanol–water partition coefficient (Wildman–Crippen LogP) is 1.60. The van der Waals surface area contributed by atoms with Crippen molar-refractivity contribution in [2.24, 2.45) is 0 Å². The van der Waals surface area contributed by atoms with Crippen LogP contribution >= 0.6 is 0 Å². The number of hydrogen-bond donors (Lipinski definition) is 0. The second-order valence-corrected chi connectivity index (χ2v) is 5.46. The summed E-state index contributed by atoms with van der Waals surface area (Å²) in [5, 5.41) is 8.96. The van der Waals surface area contributed by atoms with Crippen LogP contribution in [0.2, 0.25) is 0 Å². The summed E-state index contributed by atoms with van der Waals surface area (Å²) in [5.74, 6) is 1.12. The normalized spacial score (nSPS) is 20.9. The fourth-order valence-electron chi connectivity index (χ4n) is 3.01. The molecule has 4 heteroatoms. The molecule has 2 heterocycles. The van der Waals surface area contributed by atoms with Gasteiger partial charge in [0.15, 0.2) is 0 Å². The molecule has 1 atom stereocenters. The zero-order valence-electron chi connectivity index (χ0n) is 11.5. The average molecular weight is 256 g/mol. The van der Waals surface area contributed by atoms with Crippen molar-refractivity contribution in [3.05, 3.63) is 23.4 Å². The molecule has 3 rings (SSSR count). The number of nitrogens with zero attached hydrogens (tertiary/aromatic N) is 4. The van der Waals surface area contributed by atoms with Crippen molar-refractivity contribution in [1.82, 2.24) is 9.88 Å². The van der Waals surface area contributed by atoms with Crippen LogP contribution in [0.25, 0.3) is 0 Å². The molecule has 1 unspecified atom stereocenters. The van der Waals surface area contributed by atoms with E-state index >= 15 is 0 Å². The first-order valence-electron chi connectivity index (χ1n) is 7.15. The Labute approximate surface area is 114 Å². The molecule has 0 spiro atoms. The quantitative estimate of drug-likeness (QED) is 0.806. The van der Waals surface area contributed by atoms with Crippen LogP contribution in [0, 0.1) is 11.3 Å². The Morgan fingerprint density at radius 1 is 1.21 bits per heavy atom. The third-order valence-electron chi connectivity index (χ3n) is 4.29. The van der Waals surface area contributed by atoms with E-state index in [2.05, 4.69) is 28.0 Å². The predicted molar refractivity (Wildman–Crippen MR) is 75.1 cm³/mol. The van der Waals surface area contributed by atoms with Gasteiger partial charge in [-0.2, -0.15) is 5.26 Å². The number of aromatic nitrogens is 1. The van der Waals surface area contributed by atoms with Gasteiger partial charge in [-0.05, 0) is 37.8 Å². The summed E-state index contributed by atoms with van der Waals surface area (Å²) in [6, 6.07) is 6.74. The monoisotopic (exact) mass is 256 g/mol. The molecule has 0 amide bonds. The summed E-state index contributed by atoms with van der Waals surface area (Å²) in [7, 11) is 0. The van der Waals surface area contributed by atoms with E-state index in [1.807, 2.05) is 6.92 Å². The van der Waals surface area contributed by atoms with Gasteiger partial charge in [0.25, 0.3) is 0 Å². The summed E-state index contributed by atoms with van der Waals surface area (Å²) in [4.78, 5) is 9.40. The molecule has 4 nitrogen and oxygen atoms in total. The Morgan fingerprint density at radius 3 is 2.74 bits per heavy atom. The number of aryl methyl sites for hydroxylation is 2. The van der Waals surface area contributed by atoms with Gasteiger partial charge in [0.2, 0.25) is 0 Å². The number of nitriles is 1. The van der Waals surface area contributed by atoms with Crippen LogP contribution < -0.4 is 4.90 Å². The molecule has 1 aromatic rings. The van der Waals surface area contributed by atoms with Crippen LogP contribution in [0.5, 0.6) is 0 Å². The van der Waals surface area contributed by atoms with E-state index in [4.69, 9.17) is 10.2 Å². The molecule has 0 radical (unpaired) electrons. The first-order chi connectivity index (χ1) is 9.28. The van der Waals surface area contributed by atoms with Crippen molar-refractivity contribution < 1.29 is 0 Å². The Balaban J connectivity index is 1.67. The lowest BCUT2D eigenvalue weighted by molar-refractivity contribution is 0.231. The van der Waals surface area contributed by atoms with E-state index in [-0.39, 0.29) is 6.04 Å². The van der Waals surface area contributed by atoms with Crippen LogP contribution in [-0.2, 0) is 12.8 Å². The highest BCUT2D eigenvalue weighted by Gasteiger charge is 2.22. The second-order valence-electron chi connectivity index (χ2n) is 5.46. The molecule has 2 aliphatic rings. The number of hydrogen-bond acceptors (Lipinski definition) is 4. The highest BCUT2D eigenvalue weighted by Crippen LogP contribution is 2.24. The molecular weight excluding hydrogens is 236 g/mol. The van der Waals surface area contributed by atoms with Gasteiger partial charge in [-0.15, -0.1) is 0 Å². The Morgan fingerprint density at radius 2 is 2.00 bits per heavy atom. The molecule has 19 heavy (non-hydrogen) atoms. The third-order valence-corrected chi connectivity index (χ3v) is 4.29. The third kappa shape index (κ3) is 2.43. The summed E-state index contributed by atoms with van der Waals surface area (Å²) >= 11 is 0. The van der Waals surface area contributed by atoms with Crippen LogP contribution in [0.15, 0.2) is 12.1 Å². The SMILES string of the molecule is CC(C#N)N1CCN(c2ccc3c(n2)CCC3)CC1. The lowest BCUT2D eigenvalue weighted by atomic mass is 10.2. The summed E-state index contributed by atoms with van der Waals surface area (Å²) < 4.78 is 0. The zero-order chi connectivity index (χ0) is 13.2. The van der Waals surface area contributed by atoms with Gasteiger partial charge in [-0.1, -0.05) is 6.07 Å². The number of anilines is 1. The van der Waals surface area contributed by atoms with Crippen molar-refractivity contribution in [3.8, 4) is 6.07 Å². The van der Waals surface area contributed by atoms with Crippen LogP contribution in [0.3, 0.4) is 0 Å². The summed E-state index contributed by atoms with van der Waals surface area (Å²) in [6.07, 6.45) is 3.57. The lowest BCUT2D eigenvalue weighted by Gasteiger charge is -2.36. The van der Waals surface area contributed by atoms with Crippen molar-refractivity contribution >= 4 is 5.82 Å². The Hall–Kier alpha value is -1.60. The fraction of sp³-hybridized carbons (Fsp3) is 0.600. The molecule has 1 aliphatic carbocycles. The molecule has 1 saturated heterocycles. The Kier molecular flexibility index (Phi) is 3.39. The van der Waals surface area contributed by atoms with E-state index in [1.54, 1.807) is 0 Å². The minimum atomic E-state index is 0.0233. The smallest absolute Gasteiger partial charge is 0.128 e. The largest absolute Gasteiger partial charge is 0.354 e. The molecule has 0 N–H and O–H groups in total. The summed E-state index contributed by atoms with van der Waals surface area (Å²) in [6.45, 7) is 5.82. The maximum absolute atomic E-state index is 8.96. The molecule has 0 saturated carbocycles. The number of pyridine rings is 1. The van der Waals surface area contributed by atoms with Gasteiger partial charge in [-0.25, -0.2) is 4.98 Å². The minimum Gasteiger partial charge on any atom is -0.354 e. The molecule has 1 fully saturated rings. The van der Waals surface area contributed by atoms with Crippen LogP contribution in [-0.4, -0.2) is 42.1 Å². The Bertz CT molecular complexity index is 497. The van der Waals surface area contributed by atoms with Gasteiger partial charge < -0.3 is 4.90 Å². The van der Waals surface area contributed by atoms with Crippen molar-refractivity contribution in [3.63, 3.8) is 0 Å². The minimum absolute atomic E-state index is 0.0233. The number of fused-ring (bicyclic) bond motifs is 1. The van der Waals surface area contributed by atoms with E-state index in [0.29, 0.717) is 0 Å². The first kappa shape index (κ1) is 12.4. The van der Waals surface area contributed by atoms with Gasteiger partial charge >= 0.3 is 0 Å². The van der Waals surface area contributed by atoms with Gasteiger partial charge in [0.1, 0.15) is 5.82 Å². The zero-order valence-corrected chi connectivity index (χ0v) is 11.5. The molecular formula is C15H20N4. The second kappa shape index (κ2) is 5.18. The van der Waals surface area contributed by atoms with Crippen molar-refractivity contribution in [2.75, 3.05) is 31.1 Å². The number of piperazine rings is 1. The van der Waals surface area contributed by atoms with Crippen molar-refractivity contribution in [1.29, 1.82) is 5.26 Å². The van der Waals surface area contributed by atoms with E-state index in [0.717, 1.165) is 38.4 Å². The number of rotatable bonds is 2. The van der Waals surface area contributed by atoms with E-state index in [1.165, 1.54) is 24.1 Å². The van der Waals surface area contributed by atoms with Crippen LogP contribution in [0.1, 0.15) is 24.6 Å². The highest BCUT2D eigenvalue weighted by molar-refractivity contribution is 5.43. The van der Waals surface area contributed by atoms with Crippen LogP contribution in [0.4, 0.5) is 5.82 Å². The fourth-order valence-corrected chi connectivity index (χ4v) is 3.01. The maximum Gasteiger partial charge on any atom is 0.128 e. The van der Waals surface area contributed by atoms with Crippen molar-refractivity contribution in [2.45, 2.75) is 32.2 Å². The van der Waals surface area contributed by atoms with Gasteiger partial charge in [0.05, 0.1) is 12.1 Å².